The summed E-state index contributed by atoms with van der Waals surface area (Å²) in [6.07, 6.45) is 0.0978. The molecule has 0 atom stereocenters. The minimum absolute atomic E-state index is 0.0978. The molecule has 5 heteroatoms. The molecule has 0 radical (unpaired) electrons. The fraction of sp³-hybridized carbons (Fsp3) is 0.400. The van der Waals surface area contributed by atoms with Crippen molar-refractivity contribution in [1.82, 2.24) is 5.32 Å². The van der Waals surface area contributed by atoms with E-state index < -0.39 is 0 Å². The summed E-state index contributed by atoms with van der Waals surface area (Å²) in [6, 6.07) is 12.0. The van der Waals surface area contributed by atoms with Gasteiger partial charge in [-0.2, -0.15) is 0 Å². The van der Waals surface area contributed by atoms with E-state index in [4.69, 9.17) is 14.2 Å². The van der Waals surface area contributed by atoms with Crippen LogP contribution in [0.2, 0.25) is 0 Å². The van der Waals surface area contributed by atoms with Gasteiger partial charge >= 0.3 is 0 Å². The molecule has 2 aromatic rings. The lowest BCUT2D eigenvalue weighted by Gasteiger charge is -2.17. The van der Waals surface area contributed by atoms with E-state index in [2.05, 4.69) is 27.3 Å². The highest BCUT2D eigenvalue weighted by atomic mass is 79.9. The zero-order chi connectivity index (χ0) is 18.2. The van der Waals surface area contributed by atoms with Crippen LogP contribution in [0.15, 0.2) is 40.9 Å². The molecular formula is C20H26BrNO3. The monoisotopic (exact) mass is 407 g/mol. The number of ether oxygens (including phenoxy) is 3. The molecule has 0 saturated heterocycles. The van der Waals surface area contributed by atoms with Crippen LogP contribution in [0.25, 0.3) is 0 Å². The molecule has 0 heterocycles. The standard InChI is InChI=1S/C20H26BrNO3/c1-5-24-19-10-16(17(21)11-20(19)25-14(2)3)13-22-12-15-8-6-7-9-18(15)23-4/h6-11,14,22H,5,12-13H2,1-4H3. The molecule has 0 aliphatic heterocycles. The van der Waals surface area contributed by atoms with Crippen LogP contribution in [-0.2, 0) is 13.1 Å². The minimum Gasteiger partial charge on any atom is -0.496 e. The van der Waals surface area contributed by atoms with Gasteiger partial charge in [-0.1, -0.05) is 34.1 Å². The number of hydrogen-bond donors (Lipinski definition) is 1. The van der Waals surface area contributed by atoms with Gasteiger partial charge in [0.2, 0.25) is 0 Å². The summed E-state index contributed by atoms with van der Waals surface area (Å²) in [5.74, 6) is 2.43. The summed E-state index contributed by atoms with van der Waals surface area (Å²) in [5, 5.41) is 3.46. The molecule has 0 bridgehead atoms. The topological polar surface area (TPSA) is 39.7 Å². The second-order valence-electron chi connectivity index (χ2n) is 5.91. The smallest absolute Gasteiger partial charge is 0.162 e. The van der Waals surface area contributed by atoms with Crippen LogP contribution < -0.4 is 19.5 Å². The Morgan fingerprint density at radius 2 is 1.72 bits per heavy atom. The summed E-state index contributed by atoms with van der Waals surface area (Å²) in [6.45, 7) is 8.02. The molecule has 0 aliphatic carbocycles. The lowest BCUT2D eigenvalue weighted by atomic mass is 10.1. The summed E-state index contributed by atoms with van der Waals surface area (Å²) >= 11 is 3.64. The second-order valence-corrected chi connectivity index (χ2v) is 6.76. The first-order chi connectivity index (χ1) is 12.0. The molecule has 0 amide bonds. The van der Waals surface area contributed by atoms with Crippen LogP contribution in [0.1, 0.15) is 31.9 Å². The van der Waals surface area contributed by atoms with Gasteiger partial charge in [-0.3, -0.25) is 0 Å². The molecule has 0 saturated carbocycles. The van der Waals surface area contributed by atoms with Crippen molar-refractivity contribution in [2.75, 3.05) is 13.7 Å². The summed E-state index contributed by atoms with van der Waals surface area (Å²) in [7, 11) is 1.69. The first-order valence-electron chi connectivity index (χ1n) is 8.49. The third-order valence-electron chi connectivity index (χ3n) is 3.60. The normalized spacial score (nSPS) is 10.8. The number of benzene rings is 2. The zero-order valence-corrected chi connectivity index (χ0v) is 16.9. The van der Waals surface area contributed by atoms with Gasteiger partial charge < -0.3 is 19.5 Å². The van der Waals surface area contributed by atoms with E-state index in [9.17, 15) is 0 Å². The van der Waals surface area contributed by atoms with E-state index in [-0.39, 0.29) is 6.10 Å². The summed E-state index contributed by atoms with van der Waals surface area (Å²) < 4.78 is 18.0. The van der Waals surface area contributed by atoms with Crippen LogP contribution in [0, 0.1) is 0 Å². The van der Waals surface area contributed by atoms with E-state index in [0.29, 0.717) is 13.2 Å². The van der Waals surface area contributed by atoms with Gasteiger partial charge in [-0.05, 0) is 44.5 Å². The maximum atomic E-state index is 5.85. The van der Waals surface area contributed by atoms with Crippen molar-refractivity contribution in [3.8, 4) is 17.2 Å². The highest BCUT2D eigenvalue weighted by Crippen LogP contribution is 2.34. The molecule has 0 unspecified atom stereocenters. The third kappa shape index (κ3) is 5.65. The lowest BCUT2D eigenvalue weighted by Crippen LogP contribution is -2.14. The maximum absolute atomic E-state index is 5.85. The predicted octanol–water partition coefficient (Wildman–Crippen LogP) is 4.93. The molecule has 4 nitrogen and oxygen atoms in total. The summed E-state index contributed by atoms with van der Waals surface area (Å²) in [4.78, 5) is 0. The van der Waals surface area contributed by atoms with Gasteiger partial charge in [0.05, 0.1) is 19.8 Å². The van der Waals surface area contributed by atoms with E-state index in [1.807, 2.05) is 51.1 Å². The Balaban J connectivity index is 2.09. The largest absolute Gasteiger partial charge is 0.496 e. The van der Waals surface area contributed by atoms with Crippen LogP contribution in [0.5, 0.6) is 17.2 Å². The minimum atomic E-state index is 0.0978. The number of nitrogens with one attached hydrogen (secondary N) is 1. The average Bonchev–Trinajstić information content (AvgIpc) is 2.58. The predicted molar refractivity (Wildman–Crippen MR) is 105 cm³/mol. The van der Waals surface area contributed by atoms with Crippen LogP contribution in [0.4, 0.5) is 0 Å². The fourth-order valence-electron chi connectivity index (χ4n) is 2.51. The Morgan fingerprint density at radius 3 is 2.40 bits per heavy atom. The Labute approximate surface area is 158 Å². The Kier molecular flexibility index (Phi) is 7.59. The number of halogens is 1. The fourth-order valence-corrected chi connectivity index (χ4v) is 2.97. The zero-order valence-electron chi connectivity index (χ0n) is 15.3. The number of para-hydroxylation sites is 1. The van der Waals surface area contributed by atoms with Crippen molar-refractivity contribution in [2.45, 2.75) is 40.0 Å². The highest BCUT2D eigenvalue weighted by Gasteiger charge is 2.12. The quantitative estimate of drug-likeness (QED) is 0.639. The Hall–Kier alpha value is -1.72. The van der Waals surface area contributed by atoms with Gasteiger partial charge in [0.25, 0.3) is 0 Å². The molecule has 0 aromatic heterocycles. The molecular weight excluding hydrogens is 382 g/mol. The van der Waals surface area contributed by atoms with Crippen LogP contribution in [0.3, 0.4) is 0 Å². The molecule has 2 rings (SSSR count). The Bertz CT molecular complexity index is 689. The molecule has 0 spiro atoms. The first-order valence-corrected chi connectivity index (χ1v) is 9.29. The second kappa shape index (κ2) is 9.68. The molecule has 1 N–H and O–H groups in total. The average molecular weight is 408 g/mol. The van der Waals surface area contributed by atoms with E-state index in [1.165, 1.54) is 0 Å². The number of rotatable bonds is 9. The van der Waals surface area contributed by atoms with Gasteiger partial charge in [-0.15, -0.1) is 0 Å². The molecule has 2 aromatic carbocycles. The van der Waals surface area contributed by atoms with Gasteiger partial charge in [-0.25, -0.2) is 0 Å². The van der Waals surface area contributed by atoms with Crippen LogP contribution >= 0.6 is 15.9 Å². The number of hydrogen-bond acceptors (Lipinski definition) is 4. The molecule has 136 valence electrons. The van der Waals surface area contributed by atoms with Crippen molar-refractivity contribution in [3.63, 3.8) is 0 Å². The molecule has 0 fully saturated rings. The molecule has 0 aliphatic rings. The van der Waals surface area contributed by atoms with Crippen molar-refractivity contribution in [2.24, 2.45) is 0 Å². The molecule has 25 heavy (non-hydrogen) atoms. The van der Waals surface area contributed by atoms with Gasteiger partial charge in [0.1, 0.15) is 5.75 Å². The lowest BCUT2D eigenvalue weighted by molar-refractivity contribution is 0.223. The highest BCUT2D eigenvalue weighted by molar-refractivity contribution is 9.10. The van der Waals surface area contributed by atoms with E-state index in [1.54, 1.807) is 7.11 Å². The van der Waals surface area contributed by atoms with Crippen LogP contribution in [-0.4, -0.2) is 19.8 Å². The van der Waals surface area contributed by atoms with E-state index >= 15 is 0 Å². The number of methoxy groups -OCH3 is 1. The Morgan fingerprint density at radius 1 is 1.00 bits per heavy atom. The van der Waals surface area contributed by atoms with Crippen molar-refractivity contribution >= 4 is 15.9 Å². The van der Waals surface area contributed by atoms with E-state index in [0.717, 1.165) is 39.4 Å². The van der Waals surface area contributed by atoms with Crippen molar-refractivity contribution in [3.05, 3.63) is 52.0 Å². The van der Waals surface area contributed by atoms with Crippen molar-refractivity contribution in [1.29, 1.82) is 0 Å². The maximum Gasteiger partial charge on any atom is 0.162 e. The van der Waals surface area contributed by atoms with Crippen molar-refractivity contribution < 1.29 is 14.2 Å². The van der Waals surface area contributed by atoms with Gasteiger partial charge in [0, 0.05) is 23.1 Å². The first kappa shape index (κ1) is 19.6. The third-order valence-corrected chi connectivity index (χ3v) is 4.34. The summed E-state index contributed by atoms with van der Waals surface area (Å²) in [5.41, 5.74) is 2.25. The SMILES string of the molecule is CCOc1cc(CNCc2ccccc2OC)c(Br)cc1OC(C)C. The van der Waals surface area contributed by atoms with Gasteiger partial charge in [0.15, 0.2) is 11.5 Å².